The first-order valence-electron chi connectivity index (χ1n) is 6.76. The zero-order chi connectivity index (χ0) is 14.2. The van der Waals surface area contributed by atoms with Crippen LogP contribution in [0.5, 0.6) is 0 Å². The fraction of sp³-hybridized carbons (Fsp3) is 0.312. The van der Waals surface area contributed by atoms with Crippen molar-refractivity contribution in [2.75, 3.05) is 31.7 Å². The Kier molecular flexibility index (Phi) is 5.38. The number of fused-ring (bicyclic) bond motifs is 1. The van der Waals surface area contributed by atoms with Gasteiger partial charge in [0.05, 0.1) is 13.2 Å². The largest absolute Gasteiger partial charge is 0.464 e. The molecule has 0 heterocycles. The lowest BCUT2D eigenvalue weighted by atomic mass is 10.1. The van der Waals surface area contributed by atoms with Gasteiger partial charge in [-0.2, -0.15) is 0 Å². The van der Waals surface area contributed by atoms with Gasteiger partial charge in [0.2, 0.25) is 0 Å². The Morgan fingerprint density at radius 3 is 2.80 bits per heavy atom. The Labute approximate surface area is 118 Å². The van der Waals surface area contributed by atoms with E-state index in [0.29, 0.717) is 19.8 Å². The van der Waals surface area contributed by atoms with Gasteiger partial charge >= 0.3 is 5.97 Å². The van der Waals surface area contributed by atoms with Gasteiger partial charge in [-0.15, -0.1) is 0 Å². The first kappa shape index (κ1) is 14.3. The van der Waals surface area contributed by atoms with Crippen LogP contribution in [-0.4, -0.2) is 32.3 Å². The van der Waals surface area contributed by atoms with Gasteiger partial charge in [-0.25, -0.2) is 4.79 Å². The number of hydrogen-bond acceptors (Lipinski definition) is 4. The van der Waals surface area contributed by atoms with Gasteiger partial charge in [0.15, 0.2) is 0 Å². The number of benzene rings is 2. The summed E-state index contributed by atoms with van der Waals surface area (Å²) in [6.07, 6.45) is 0. The van der Waals surface area contributed by atoms with Crippen LogP contribution in [0.15, 0.2) is 42.5 Å². The summed E-state index contributed by atoms with van der Waals surface area (Å²) in [6, 6.07) is 14.3. The van der Waals surface area contributed by atoms with Crippen LogP contribution in [0.1, 0.15) is 6.92 Å². The van der Waals surface area contributed by atoms with Crippen LogP contribution < -0.4 is 5.32 Å². The Morgan fingerprint density at radius 1 is 1.15 bits per heavy atom. The van der Waals surface area contributed by atoms with Crippen molar-refractivity contribution < 1.29 is 14.3 Å². The molecule has 0 saturated carbocycles. The van der Waals surface area contributed by atoms with Gasteiger partial charge in [0, 0.05) is 17.6 Å². The molecule has 0 atom stereocenters. The van der Waals surface area contributed by atoms with Crippen molar-refractivity contribution in [3.63, 3.8) is 0 Å². The molecule has 1 N–H and O–H groups in total. The molecule has 0 aliphatic heterocycles. The van der Waals surface area contributed by atoms with Crippen LogP contribution in [0, 0.1) is 0 Å². The molecule has 0 saturated heterocycles. The first-order chi connectivity index (χ1) is 9.81. The highest BCUT2D eigenvalue weighted by Crippen LogP contribution is 2.22. The molecule has 106 valence electrons. The molecule has 20 heavy (non-hydrogen) atoms. The fourth-order valence-corrected chi connectivity index (χ4v) is 2.00. The van der Waals surface area contributed by atoms with Crippen LogP contribution in [-0.2, 0) is 14.3 Å². The molecule has 0 amide bonds. The number of rotatable bonds is 7. The van der Waals surface area contributed by atoms with Crippen LogP contribution in [0.3, 0.4) is 0 Å². The second kappa shape index (κ2) is 7.50. The number of anilines is 1. The van der Waals surface area contributed by atoms with Crippen LogP contribution in [0.25, 0.3) is 10.8 Å². The Bertz CT molecular complexity index is 563. The summed E-state index contributed by atoms with van der Waals surface area (Å²) in [5.41, 5.74) is 1.07. The normalized spacial score (nSPS) is 10.4. The van der Waals surface area contributed by atoms with Crippen LogP contribution in [0.4, 0.5) is 5.69 Å². The molecule has 0 fully saturated rings. The van der Waals surface area contributed by atoms with E-state index in [1.807, 2.05) is 24.3 Å². The molecule has 0 unspecified atom stereocenters. The Morgan fingerprint density at radius 2 is 1.95 bits per heavy atom. The maximum absolute atomic E-state index is 11.1. The van der Waals surface area contributed by atoms with E-state index >= 15 is 0 Å². The SMILES string of the molecule is CCOC(=O)COCCNc1cccc2ccccc12. The van der Waals surface area contributed by atoms with E-state index in [9.17, 15) is 4.79 Å². The average molecular weight is 273 g/mol. The number of esters is 1. The van der Waals surface area contributed by atoms with E-state index in [1.54, 1.807) is 6.92 Å². The molecular weight excluding hydrogens is 254 g/mol. The first-order valence-corrected chi connectivity index (χ1v) is 6.76. The molecule has 2 rings (SSSR count). The second-order valence-corrected chi connectivity index (χ2v) is 4.31. The van der Waals surface area contributed by atoms with E-state index in [2.05, 4.69) is 23.5 Å². The summed E-state index contributed by atoms with van der Waals surface area (Å²) >= 11 is 0. The Hall–Kier alpha value is -2.07. The van der Waals surface area contributed by atoms with Crippen molar-refractivity contribution in [3.05, 3.63) is 42.5 Å². The van der Waals surface area contributed by atoms with E-state index in [4.69, 9.17) is 9.47 Å². The summed E-state index contributed by atoms with van der Waals surface area (Å²) in [7, 11) is 0. The third-order valence-electron chi connectivity index (χ3n) is 2.88. The van der Waals surface area contributed by atoms with Crippen molar-refractivity contribution >= 4 is 22.4 Å². The second-order valence-electron chi connectivity index (χ2n) is 4.31. The van der Waals surface area contributed by atoms with Gasteiger partial charge in [-0.1, -0.05) is 36.4 Å². The number of carbonyl (C=O) groups excluding carboxylic acids is 1. The fourth-order valence-electron chi connectivity index (χ4n) is 2.00. The van der Waals surface area contributed by atoms with Gasteiger partial charge in [-0.3, -0.25) is 0 Å². The lowest BCUT2D eigenvalue weighted by Gasteiger charge is -2.10. The van der Waals surface area contributed by atoms with Gasteiger partial charge in [0.25, 0.3) is 0 Å². The van der Waals surface area contributed by atoms with Crippen molar-refractivity contribution in [2.45, 2.75) is 6.92 Å². The molecule has 0 bridgehead atoms. The predicted molar refractivity (Wildman–Crippen MR) is 79.9 cm³/mol. The number of nitrogens with one attached hydrogen (secondary N) is 1. The zero-order valence-electron chi connectivity index (χ0n) is 11.6. The maximum atomic E-state index is 11.1. The summed E-state index contributed by atoms with van der Waals surface area (Å²) in [6.45, 7) is 3.27. The van der Waals surface area contributed by atoms with Crippen molar-refractivity contribution in [3.8, 4) is 0 Å². The molecule has 2 aromatic carbocycles. The molecule has 0 radical (unpaired) electrons. The lowest BCUT2D eigenvalue weighted by Crippen LogP contribution is -2.16. The van der Waals surface area contributed by atoms with E-state index in [0.717, 1.165) is 5.69 Å². The van der Waals surface area contributed by atoms with Crippen LogP contribution >= 0.6 is 0 Å². The summed E-state index contributed by atoms with van der Waals surface area (Å²) in [4.78, 5) is 11.1. The summed E-state index contributed by atoms with van der Waals surface area (Å²) in [5.74, 6) is -0.322. The highest BCUT2D eigenvalue weighted by molar-refractivity contribution is 5.93. The quantitative estimate of drug-likeness (QED) is 0.622. The molecule has 4 nitrogen and oxygen atoms in total. The predicted octanol–water partition coefficient (Wildman–Crippen LogP) is 2.83. The smallest absolute Gasteiger partial charge is 0.332 e. The average Bonchev–Trinajstić information content (AvgIpc) is 2.47. The van der Waals surface area contributed by atoms with Gasteiger partial charge in [-0.05, 0) is 18.4 Å². The molecule has 0 aliphatic carbocycles. The molecule has 4 heteroatoms. The minimum Gasteiger partial charge on any atom is -0.464 e. The van der Waals surface area contributed by atoms with E-state index in [1.165, 1.54) is 10.8 Å². The zero-order valence-corrected chi connectivity index (χ0v) is 11.6. The highest BCUT2D eigenvalue weighted by atomic mass is 16.6. The number of ether oxygens (including phenoxy) is 2. The molecular formula is C16H19NO3. The Balaban J connectivity index is 1.80. The van der Waals surface area contributed by atoms with Crippen molar-refractivity contribution in [2.24, 2.45) is 0 Å². The summed E-state index contributed by atoms with van der Waals surface area (Å²) in [5, 5.41) is 5.70. The topological polar surface area (TPSA) is 47.6 Å². The number of carbonyl (C=O) groups is 1. The molecule has 0 spiro atoms. The molecule has 2 aromatic rings. The van der Waals surface area contributed by atoms with Crippen molar-refractivity contribution in [1.29, 1.82) is 0 Å². The molecule has 0 aromatic heterocycles. The van der Waals surface area contributed by atoms with Crippen molar-refractivity contribution in [1.82, 2.24) is 0 Å². The maximum Gasteiger partial charge on any atom is 0.332 e. The minimum absolute atomic E-state index is 0.00502. The summed E-state index contributed by atoms with van der Waals surface area (Å²) < 4.78 is 10.0. The minimum atomic E-state index is -0.322. The molecule has 0 aliphatic rings. The third-order valence-corrected chi connectivity index (χ3v) is 2.88. The highest BCUT2D eigenvalue weighted by Gasteiger charge is 2.02. The van der Waals surface area contributed by atoms with Crippen LogP contribution in [0.2, 0.25) is 0 Å². The monoisotopic (exact) mass is 273 g/mol. The van der Waals surface area contributed by atoms with E-state index < -0.39 is 0 Å². The third kappa shape index (κ3) is 3.96. The lowest BCUT2D eigenvalue weighted by molar-refractivity contribution is -0.148. The van der Waals surface area contributed by atoms with Gasteiger partial charge in [0.1, 0.15) is 6.61 Å². The van der Waals surface area contributed by atoms with E-state index in [-0.39, 0.29) is 12.6 Å². The van der Waals surface area contributed by atoms with Gasteiger partial charge < -0.3 is 14.8 Å². The standard InChI is InChI=1S/C16H19NO3/c1-2-20-16(18)12-19-11-10-17-15-9-5-7-13-6-3-4-8-14(13)15/h3-9,17H,2,10-12H2,1H3. The number of hydrogen-bond donors (Lipinski definition) is 1.